The highest BCUT2D eigenvalue weighted by atomic mass is 19.1. The van der Waals surface area contributed by atoms with Gasteiger partial charge in [-0.05, 0) is 18.6 Å². The fourth-order valence-corrected chi connectivity index (χ4v) is 1.90. The zero-order chi connectivity index (χ0) is 14.3. The average molecular weight is 271 g/mol. The molecule has 3 aromatic heterocycles. The van der Waals surface area contributed by atoms with E-state index in [9.17, 15) is 4.39 Å². The SMILES string of the molecule is Cc1cc2nc(-c3ncc(N(C)C)cn3)cn2cc1F. The third kappa shape index (κ3) is 2.09. The van der Waals surface area contributed by atoms with Crippen LogP contribution in [-0.2, 0) is 0 Å². The van der Waals surface area contributed by atoms with Crippen LogP contribution < -0.4 is 4.90 Å². The van der Waals surface area contributed by atoms with E-state index in [0.717, 1.165) is 5.69 Å². The van der Waals surface area contributed by atoms with Crippen LogP contribution in [-0.4, -0.2) is 33.4 Å². The molecule has 0 bridgehead atoms. The summed E-state index contributed by atoms with van der Waals surface area (Å²) in [6.07, 6.45) is 6.61. The summed E-state index contributed by atoms with van der Waals surface area (Å²) in [6.45, 7) is 1.71. The standard InChI is InChI=1S/C14H14FN5/c1-9-4-13-18-12(8-20(13)7-11(9)15)14-16-5-10(6-17-14)19(2)3/h4-8H,1-3H3. The fraction of sp³-hybridized carbons (Fsp3) is 0.214. The summed E-state index contributed by atoms with van der Waals surface area (Å²) >= 11 is 0. The Kier molecular flexibility index (Phi) is 2.85. The van der Waals surface area contributed by atoms with Gasteiger partial charge in [0, 0.05) is 26.5 Å². The van der Waals surface area contributed by atoms with Crippen LogP contribution in [0.2, 0.25) is 0 Å². The number of hydrogen-bond acceptors (Lipinski definition) is 4. The van der Waals surface area contributed by atoms with Crippen molar-refractivity contribution in [2.24, 2.45) is 0 Å². The van der Waals surface area contributed by atoms with Crippen molar-refractivity contribution in [2.45, 2.75) is 6.92 Å². The lowest BCUT2D eigenvalue weighted by atomic mass is 10.3. The number of aromatic nitrogens is 4. The minimum Gasteiger partial charge on any atom is -0.375 e. The monoisotopic (exact) mass is 271 g/mol. The quantitative estimate of drug-likeness (QED) is 0.717. The normalized spacial score (nSPS) is 11.0. The molecule has 0 amide bonds. The first-order valence-corrected chi connectivity index (χ1v) is 6.19. The Balaban J connectivity index is 2.05. The van der Waals surface area contributed by atoms with Crippen molar-refractivity contribution in [1.82, 2.24) is 19.4 Å². The van der Waals surface area contributed by atoms with Crippen LogP contribution in [0, 0.1) is 12.7 Å². The Morgan fingerprint density at radius 2 is 1.85 bits per heavy atom. The summed E-state index contributed by atoms with van der Waals surface area (Å²) in [7, 11) is 3.85. The average Bonchev–Trinajstić information content (AvgIpc) is 2.82. The van der Waals surface area contributed by atoms with Crippen LogP contribution >= 0.6 is 0 Å². The number of nitrogens with zero attached hydrogens (tertiary/aromatic N) is 5. The van der Waals surface area contributed by atoms with E-state index in [4.69, 9.17) is 0 Å². The third-order valence-electron chi connectivity index (χ3n) is 3.12. The zero-order valence-corrected chi connectivity index (χ0v) is 11.5. The minimum atomic E-state index is -0.259. The number of pyridine rings is 1. The Morgan fingerprint density at radius 3 is 2.50 bits per heavy atom. The van der Waals surface area contributed by atoms with Crippen molar-refractivity contribution >= 4 is 11.3 Å². The molecular weight excluding hydrogens is 257 g/mol. The second-order valence-electron chi connectivity index (χ2n) is 4.86. The molecule has 0 aliphatic rings. The molecule has 0 atom stereocenters. The Hall–Kier alpha value is -2.50. The van der Waals surface area contributed by atoms with Crippen molar-refractivity contribution in [2.75, 3.05) is 19.0 Å². The van der Waals surface area contributed by atoms with Gasteiger partial charge < -0.3 is 9.30 Å². The van der Waals surface area contributed by atoms with Crippen molar-refractivity contribution in [3.8, 4) is 11.5 Å². The largest absolute Gasteiger partial charge is 0.375 e. The van der Waals surface area contributed by atoms with Crippen LogP contribution in [0.3, 0.4) is 0 Å². The molecule has 3 aromatic rings. The lowest BCUT2D eigenvalue weighted by molar-refractivity contribution is 0.610. The van der Waals surface area contributed by atoms with E-state index >= 15 is 0 Å². The van der Waals surface area contributed by atoms with Crippen molar-refractivity contribution in [3.63, 3.8) is 0 Å². The molecule has 0 aliphatic heterocycles. The molecule has 0 radical (unpaired) electrons. The molecule has 3 rings (SSSR count). The molecule has 0 N–H and O–H groups in total. The Morgan fingerprint density at radius 1 is 1.15 bits per heavy atom. The number of halogens is 1. The summed E-state index contributed by atoms with van der Waals surface area (Å²) < 4.78 is 15.2. The second kappa shape index (κ2) is 4.56. The van der Waals surface area contributed by atoms with Gasteiger partial charge in [-0.2, -0.15) is 0 Å². The summed E-state index contributed by atoms with van der Waals surface area (Å²) in [4.78, 5) is 14.9. The number of anilines is 1. The molecule has 5 nitrogen and oxygen atoms in total. The molecule has 6 heteroatoms. The molecule has 3 heterocycles. The first-order chi connectivity index (χ1) is 9.54. The topological polar surface area (TPSA) is 46.3 Å². The second-order valence-corrected chi connectivity index (χ2v) is 4.86. The van der Waals surface area contributed by atoms with E-state index < -0.39 is 0 Å². The van der Waals surface area contributed by atoms with Crippen LogP contribution in [0.15, 0.2) is 30.9 Å². The highest BCUT2D eigenvalue weighted by molar-refractivity contribution is 5.57. The van der Waals surface area contributed by atoms with Gasteiger partial charge in [0.1, 0.15) is 17.2 Å². The Labute approximate surface area is 115 Å². The maximum absolute atomic E-state index is 13.5. The molecule has 0 unspecified atom stereocenters. The predicted octanol–water partition coefficient (Wildman–Crippen LogP) is 2.30. The molecule has 0 saturated carbocycles. The smallest absolute Gasteiger partial charge is 0.179 e. The molecule has 0 aliphatic carbocycles. The molecular formula is C14H14FN5. The summed E-state index contributed by atoms with van der Waals surface area (Å²) in [6, 6.07) is 1.70. The van der Waals surface area contributed by atoms with Gasteiger partial charge in [-0.25, -0.2) is 19.3 Å². The van der Waals surface area contributed by atoms with E-state index in [1.807, 2.05) is 19.0 Å². The number of imidazole rings is 1. The van der Waals surface area contributed by atoms with E-state index in [2.05, 4.69) is 15.0 Å². The van der Waals surface area contributed by atoms with E-state index in [0.29, 0.717) is 22.7 Å². The van der Waals surface area contributed by atoms with Gasteiger partial charge in [0.15, 0.2) is 5.82 Å². The van der Waals surface area contributed by atoms with Gasteiger partial charge in [0.25, 0.3) is 0 Å². The first kappa shape index (κ1) is 12.5. The van der Waals surface area contributed by atoms with E-state index in [1.165, 1.54) is 6.20 Å². The molecule has 0 saturated heterocycles. The van der Waals surface area contributed by atoms with Crippen LogP contribution in [0.1, 0.15) is 5.56 Å². The number of rotatable bonds is 2. The molecule has 20 heavy (non-hydrogen) atoms. The highest BCUT2D eigenvalue weighted by Crippen LogP contribution is 2.18. The Bertz CT molecular complexity index is 722. The number of fused-ring (bicyclic) bond motifs is 1. The molecule has 102 valence electrons. The van der Waals surface area contributed by atoms with Crippen molar-refractivity contribution in [1.29, 1.82) is 0 Å². The van der Waals surface area contributed by atoms with Gasteiger partial charge in [0.2, 0.25) is 0 Å². The van der Waals surface area contributed by atoms with Crippen LogP contribution in [0.5, 0.6) is 0 Å². The maximum atomic E-state index is 13.5. The summed E-state index contributed by atoms with van der Waals surface area (Å²) in [5, 5.41) is 0. The highest BCUT2D eigenvalue weighted by Gasteiger charge is 2.09. The summed E-state index contributed by atoms with van der Waals surface area (Å²) in [5.74, 6) is 0.266. The van der Waals surface area contributed by atoms with Gasteiger partial charge in [-0.3, -0.25) is 0 Å². The van der Waals surface area contributed by atoms with Gasteiger partial charge in [-0.15, -0.1) is 0 Å². The summed E-state index contributed by atoms with van der Waals surface area (Å²) in [5.41, 5.74) is 2.79. The van der Waals surface area contributed by atoms with Gasteiger partial charge in [0.05, 0.1) is 18.1 Å². The third-order valence-corrected chi connectivity index (χ3v) is 3.12. The molecule has 0 spiro atoms. The van der Waals surface area contributed by atoms with Crippen molar-refractivity contribution < 1.29 is 4.39 Å². The number of hydrogen-bond donors (Lipinski definition) is 0. The minimum absolute atomic E-state index is 0.259. The zero-order valence-electron chi connectivity index (χ0n) is 11.5. The lowest BCUT2D eigenvalue weighted by Crippen LogP contribution is -2.09. The lowest BCUT2D eigenvalue weighted by Gasteiger charge is -2.10. The first-order valence-electron chi connectivity index (χ1n) is 6.19. The predicted molar refractivity (Wildman–Crippen MR) is 75.2 cm³/mol. The van der Waals surface area contributed by atoms with E-state index in [-0.39, 0.29) is 5.82 Å². The van der Waals surface area contributed by atoms with Crippen molar-refractivity contribution in [3.05, 3.63) is 42.2 Å². The molecule has 0 aromatic carbocycles. The van der Waals surface area contributed by atoms with Crippen LogP contribution in [0.25, 0.3) is 17.2 Å². The van der Waals surface area contributed by atoms with E-state index in [1.54, 1.807) is 36.0 Å². The molecule has 0 fully saturated rings. The van der Waals surface area contributed by atoms with Gasteiger partial charge in [-0.1, -0.05) is 0 Å². The number of aryl methyl sites for hydroxylation is 1. The maximum Gasteiger partial charge on any atom is 0.179 e. The van der Waals surface area contributed by atoms with Crippen LogP contribution in [0.4, 0.5) is 10.1 Å². The fourth-order valence-electron chi connectivity index (χ4n) is 1.90. The van der Waals surface area contributed by atoms with Gasteiger partial charge >= 0.3 is 0 Å².